The van der Waals surface area contributed by atoms with Crippen molar-refractivity contribution in [2.45, 2.75) is 121 Å². The van der Waals surface area contributed by atoms with Gasteiger partial charge in [-0.15, -0.1) is 6.58 Å². The normalized spacial score (nSPS) is 12.3. The molecule has 0 spiro atoms. The maximum absolute atomic E-state index is 11.9. The van der Waals surface area contributed by atoms with Crippen molar-refractivity contribution in [1.29, 1.82) is 0 Å². The fourth-order valence-corrected chi connectivity index (χ4v) is 4.17. The summed E-state index contributed by atoms with van der Waals surface area (Å²) < 4.78 is 41.8. The first kappa shape index (κ1) is 31.6. The lowest BCUT2D eigenvalue weighted by Crippen LogP contribution is -2.34. The number of rotatable bonds is 23. The van der Waals surface area contributed by atoms with E-state index in [4.69, 9.17) is 9.47 Å². The minimum atomic E-state index is -4.76. The molecule has 33 heavy (non-hydrogen) atoms. The van der Waals surface area contributed by atoms with Gasteiger partial charge in [0.05, 0.1) is 19.6 Å². The third kappa shape index (κ3) is 19.7. The molecule has 1 N–H and O–H groups in total. The van der Waals surface area contributed by atoms with E-state index in [0.717, 1.165) is 19.3 Å². The Kier molecular flexibility index (Phi) is 20.2. The lowest BCUT2D eigenvalue weighted by molar-refractivity contribution is -0.150. The highest BCUT2D eigenvalue weighted by molar-refractivity contribution is 7.87. The smallest absolute Gasteiger partial charge is 0.327 e. The molecule has 0 aliphatic heterocycles. The van der Waals surface area contributed by atoms with Crippen molar-refractivity contribution in [3.8, 4) is 0 Å². The van der Waals surface area contributed by atoms with Crippen LogP contribution in [0.1, 0.15) is 116 Å². The van der Waals surface area contributed by atoms with Crippen molar-refractivity contribution in [2.24, 2.45) is 0 Å². The average Bonchev–Trinajstić information content (AvgIpc) is 2.76. The zero-order valence-electron chi connectivity index (χ0n) is 20.6. The second-order valence-corrected chi connectivity index (χ2v) is 10.2. The van der Waals surface area contributed by atoms with Crippen LogP contribution in [0.25, 0.3) is 0 Å². The molecule has 0 saturated heterocycles. The van der Waals surface area contributed by atoms with Gasteiger partial charge in [0.25, 0.3) is 10.1 Å². The Hall–Kier alpha value is -1.41. The third-order valence-corrected chi connectivity index (χ3v) is 6.63. The van der Waals surface area contributed by atoms with Crippen LogP contribution in [0, 0.1) is 0 Å². The molecule has 0 fully saturated rings. The molecule has 0 aliphatic carbocycles. The topological polar surface area (TPSA) is 107 Å². The van der Waals surface area contributed by atoms with Gasteiger partial charge in [0, 0.05) is 0 Å². The van der Waals surface area contributed by atoms with Crippen LogP contribution in [0.4, 0.5) is 0 Å². The molecular formula is C25H46O7S. The molecular weight excluding hydrogens is 444 g/mol. The largest absolute Gasteiger partial charge is 0.466 e. The van der Waals surface area contributed by atoms with E-state index in [0.29, 0.717) is 12.8 Å². The van der Waals surface area contributed by atoms with Crippen LogP contribution in [0.15, 0.2) is 12.7 Å². The van der Waals surface area contributed by atoms with E-state index in [2.05, 4.69) is 13.5 Å². The Morgan fingerprint density at radius 2 is 1.24 bits per heavy atom. The molecule has 1 unspecified atom stereocenters. The van der Waals surface area contributed by atoms with Crippen LogP contribution in [0.3, 0.4) is 0 Å². The molecule has 0 aromatic rings. The van der Waals surface area contributed by atoms with Crippen LogP contribution >= 0.6 is 0 Å². The predicted molar refractivity (Wildman–Crippen MR) is 132 cm³/mol. The van der Waals surface area contributed by atoms with Gasteiger partial charge < -0.3 is 9.47 Å². The Morgan fingerprint density at radius 1 is 0.788 bits per heavy atom. The zero-order valence-corrected chi connectivity index (χ0v) is 21.4. The number of carbonyl (C=O) groups is 2. The molecule has 0 radical (unpaired) electrons. The summed E-state index contributed by atoms with van der Waals surface area (Å²) in [6.45, 7) is 5.80. The minimum absolute atomic E-state index is 0.0669. The first-order chi connectivity index (χ1) is 15.8. The van der Waals surface area contributed by atoms with Crippen molar-refractivity contribution < 1.29 is 32.0 Å². The number of hydrogen-bond donors (Lipinski definition) is 1. The highest BCUT2D eigenvalue weighted by atomic mass is 32.2. The summed E-state index contributed by atoms with van der Waals surface area (Å²) in [7, 11) is -4.76. The van der Waals surface area contributed by atoms with Gasteiger partial charge in [-0.1, -0.05) is 103 Å². The first-order valence-electron chi connectivity index (χ1n) is 12.7. The molecule has 7 nitrogen and oxygen atoms in total. The Balaban J connectivity index is 3.70. The molecule has 0 bridgehead atoms. The lowest BCUT2D eigenvalue weighted by atomic mass is 10.0. The van der Waals surface area contributed by atoms with Gasteiger partial charge in [-0.3, -0.25) is 14.1 Å². The summed E-state index contributed by atoms with van der Waals surface area (Å²) in [5.74, 6) is -2.01. The molecule has 0 aliphatic rings. The molecule has 0 aromatic carbocycles. The van der Waals surface area contributed by atoms with Crippen molar-refractivity contribution in [2.75, 3.05) is 13.2 Å². The number of hydrogen-bond acceptors (Lipinski definition) is 6. The van der Waals surface area contributed by atoms with Crippen molar-refractivity contribution in [3.63, 3.8) is 0 Å². The van der Waals surface area contributed by atoms with Crippen molar-refractivity contribution >= 4 is 22.1 Å². The zero-order chi connectivity index (χ0) is 24.8. The quantitative estimate of drug-likeness (QED) is 0.0790. The van der Waals surface area contributed by atoms with Gasteiger partial charge in [0.2, 0.25) is 0 Å². The fourth-order valence-electron chi connectivity index (χ4n) is 3.52. The van der Waals surface area contributed by atoms with Gasteiger partial charge in [-0.25, -0.2) is 0 Å². The van der Waals surface area contributed by atoms with Gasteiger partial charge in [-0.05, 0) is 12.8 Å². The molecule has 194 valence electrons. The number of carbonyl (C=O) groups excluding carboxylic acids is 2. The molecule has 0 rings (SSSR count). The van der Waals surface area contributed by atoms with Crippen molar-refractivity contribution in [1.82, 2.24) is 0 Å². The summed E-state index contributed by atoms with van der Waals surface area (Å²) in [4.78, 5) is 23.7. The Labute approximate surface area is 201 Å². The summed E-state index contributed by atoms with van der Waals surface area (Å²) in [5.41, 5.74) is 0. The second-order valence-electron chi connectivity index (χ2n) is 8.62. The van der Waals surface area contributed by atoms with Crippen LogP contribution in [-0.4, -0.2) is 43.4 Å². The van der Waals surface area contributed by atoms with E-state index in [1.165, 1.54) is 76.7 Å². The highest BCUT2D eigenvalue weighted by Crippen LogP contribution is 2.14. The standard InChI is InChI=1S/C25H46O7S/c1-3-5-7-8-9-10-11-12-13-14-15-16-17-18-19-21-31-24(26)22-23(33(28,29)30)25(27)32-20-6-4-2/h4,23H,2-3,5-22H2,1H3,(H,28,29,30). The average molecular weight is 491 g/mol. The van der Waals surface area contributed by atoms with Crippen molar-refractivity contribution in [3.05, 3.63) is 12.7 Å². The van der Waals surface area contributed by atoms with E-state index >= 15 is 0 Å². The molecule has 0 aromatic heterocycles. The predicted octanol–water partition coefficient (Wildman–Crippen LogP) is 6.17. The number of ether oxygens (including phenoxy) is 2. The summed E-state index contributed by atoms with van der Waals surface area (Å²) in [5, 5.41) is -1.96. The van der Waals surface area contributed by atoms with Crippen LogP contribution in [-0.2, 0) is 29.2 Å². The first-order valence-corrected chi connectivity index (χ1v) is 14.2. The maximum Gasteiger partial charge on any atom is 0.327 e. The monoisotopic (exact) mass is 490 g/mol. The van der Waals surface area contributed by atoms with E-state index in [-0.39, 0.29) is 13.2 Å². The molecule has 0 amide bonds. The van der Waals surface area contributed by atoms with Crippen LogP contribution in [0.5, 0.6) is 0 Å². The summed E-state index contributed by atoms with van der Waals surface area (Å²) in [6.07, 6.45) is 19.6. The van der Waals surface area contributed by atoms with Crippen LogP contribution in [0.2, 0.25) is 0 Å². The molecule has 8 heteroatoms. The summed E-state index contributed by atoms with van der Waals surface area (Å²) >= 11 is 0. The van der Waals surface area contributed by atoms with Crippen LogP contribution < -0.4 is 0 Å². The minimum Gasteiger partial charge on any atom is -0.466 e. The highest BCUT2D eigenvalue weighted by Gasteiger charge is 2.35. The van der Waals surface area contributed by atoms with Gasteiger partial charge >= 0.3 is 11.9 Å². The molecule has 0 saturated carbocycles. The SMILES string of the molecule is C=CCCOC(=O)C(CC(=O)OCCCCCCCCCCCCCCCCC)S(=O)(=O)O. The third-order valence-electron chi connectivity index (χ3n) is 5.55. The number of unbranched alkanes of at least 4 members (excludes halogenated alkanes) is 14. The van der Waals surface area contributed by atoms with E-state index < -0.39 is 33.7 Å². The number of esters is 2. The van der Waals surface area contributed by atoms with Gasteiger partial charge in [-0.2, -0.15) is 8.42 Å². The van der Waals surface area contributed by atoms with E-state index in [9.17, 15) is 22.6 Å². The lowest BCUT2D eigenvalue weighted by Gasteiger charge is -2.12. The second kappa shape index (κ2) is 21.1. The molecule has 0 heterocycles. The van der Waals surface area contributed by atoms with Gasteiger partial charge in [0.1, 0.15) is 0 Å². The molecule has 1 atom stereocenters. The maximum atomic E-state index is 11.9. The van der Waals surface area contributed by atoms with E-state index in [1.54, 1.807) is 0 Å². The van der Waals surface area contributed by atoms with E-state index in [1.807, 2.05) is 0 Å². The summed E-state index contributed by atoms with van der Waals surface area (Å²) in [6, 6.07) is 0. The van der Waals surface area contributed by atoms with Gasteiger partial charge in [0.15, 0.2) is 5.25 Å². The fraction of sp³-hybridized carbons (Fsp3) is 0.840. The Bertz CT molecular complexity index is 616. The Morgan fingerprint density at radius 3 is 1.67 bits per heavy atom.